The van der Waals surface area contributed by atoms with E-state index in [2.05, 4.69) is 0 Å². The number of hydrogen-bond donors (Lipinski definition) is 0. The molecule has 0 fully saturated rings. The number of benzene rings is 1. The summed E-state index contributed by atoms with van der Waals surface area (Å²) in [5.41, 5.74) is -2.08. The normalized spacial score (nSPS) is 14.1. The number of carbonyl (C=O) groups is 1. The van der Waals surface area contributed by atoms with Crippen LogP contribution in [0.4, 0.5) is 4.39 Å². The Kier molecular flexibility index (Phi) is 5.18. The maximum absolute atomic E-state index is 14.4. The molecule has 1 atom stereocenters. The molecule has 0 radical (unpaired) electrons. The molecular weight excluding hydrogens is 271 g/mol. The van der Waals surface area contributed by atoms with Crippen molar-refractivity contribution in [2.45, 2.75) is 39.5 Å². The van der Waals surface area contributed by atoms with Gasteiger partial charge in [-0.2, -0.15) is 0 Å². The van der Waals surface area contributed by atoms with Crippen LogP contribution in [0.3, 0.4) is 0 Å². The molecule has 0 N–H and O–H groups in total. The summed E-state index contributed by atoms with van der Waals surface area (Å²) in [5.74, 6) is -0.469. The maximum Gasteiger partial charge on any atom is 0.348 e. The summed E-state index contributed by atoms with van der Waals surface area (Å²) in [5, 5.41) is 0.263. The van der Waals surface area contributed by atoms with Gasteiger partial charge in [-0.3, -0.25) is 0 Å². The fourth-order valence-electron chi connectivity index (χ4n) is 1.53. The second-order valence-corrected chi connectivity index (χ2v) is 4.94. The molecule has 5 heteroatoms. The van der Waals surface area contributed by atoms with E-state index in [1.165, 1.54) is 12.1 Å². The third kappa shape index (κ3) is 3.83. The van der Waals surface area contributed by atoms with Crippen LogP contribution in [-0.2, 0) is 15.2 Å². The average molecular weight is 289 g/mol. The summed E-state index contributed by atoms with van der Waals surface area (Å²) in [7, 11) is 0. The molecule has 0 heterocycles. The summed E-state index contributed by atoms with van der Waals surface area (Å²) < 4.78 is 24.6. The Hall–Kier alpha value is -1.29. The quantitative estimate of drug-likeness (QED) is 0.772. The van der Waals surface area contributed by atoms with E-state index in [0.29, 0.717) is 5.75 Å². The highest BCUT2D eigenvalue weighted by Gasteiger charge is 2.37. The van der Waals surface area contributed by atoms with Gasteiger partial charge >= 0.3 is 5.97 Å². The van der Waals surface area contributed by atoms with Crippen LogP contribution in [0.5, 0.6) is 5.75 Å². The van der Waals surface area contributed by atoms with Crippen LogP contribution in [-0.4, -0.2) is 18.7 Å². The van der Waals surface area contributed by atoms with Crippen molar-refractivity contribution in [2.24, 2.45) is 0 Å². The van der Waals surface area contributed by atoms with Crippen LogP contribution in [0.25, 0.3) is 0 Å². The Balaban J connectivity index is 3.02. The predicted octanol–water partition coefficient (Wildman–Crippen LogP) is 3.88. The molecule has 0 aromatic heterocycles. The zero-order valence-electron chi connectivity index (χ0n) is 11.5. The van der Waals surface area contributed by atoms with Crippen molar-refractivity contribution < 1.29 is 18.7 Å². The fraction of sp³-hybridized carbons (Fsp3) is 0.500. The van der Waals surface area contributed by atoms with Gasteiger partial charge in [-0.1, -0.05) is 17.7 Å². The molecule has 106 valence electrons. The minimum Gasteiger partial charge on any atom is -0.489 e. The van der Waals surface area contributed by atoms with Crippen molar-refractivity contribution in [3.63, 3.8) is 0 Å². The second kappa shape index (κ2) is 6.24. The van der Waals surface area contributed by atoms with E-state index in [-0.39, 0.29) is 23.3 Å². The summed E-state index contributed by atoms with van der Waals surface area (Å²) in [4.78, 5) is 11.6. The lowest BCUT2D eigenvalue weighted by Gasteiger charge is -2.20. The first-order valence-electron chi connectivity index (χ1n) is 6.11. The van der Waals surface area contributed by atoms with Crippen molar-refractivity contribution in [2.75, 3.05) is 6.61 Å². The topological polar surface area (TPSA) is 35.5 Å². The van der Waals surface area contributed by atoms with Gasteiger partial charge in [0.15, 0.2) is 0 Å². The van der Waals surface area contributed by atoms with Crippen LogP contribution in [0, 0.1) is 0 Å². The van der Waals surface area contributed by atoms with Crippen molar-refractivity contribution >= 4 is 17.6 Å². The number of rotatable bonds is 5. The van der Waals surface area contributed by atoms with E-state index < -0.39 is 11.6 Å². The lowest BCUT2D eigenvalue weighted by molar-refractivity contribution is -0.156. The third-order valence-corrected chi connectivity index (χ3v) is 2.79. The van der Waals surface area contributed by atoms with Gasteiger partial charge in [0, 0.05) is 5.56 Å². The van der Waals surface area contributed by atoms with Crippen molar-refractivity contribution in [3.05, 3.63) is 28.8 Å². The molecular formula is C14H18ClFO3. The number of alkyl halides is 1. The Bertz CT molecular complexity index is 458. The molecule has 0 aliphatic carbocycles. The van der Waals surface area contributed by atoms with E-state index in [1.54, 1.807) is 13.0 Å². The minimum atomic E-state index is -2.23. The van der Waals surface area contributed by atoms with Gasteiger partial charge in [0.25, 0.3) is 0 Å². The number of ether oxygens (including phenoxy) is 2. The van der Waals surface area contributed by atoms with Gasteiger partial charge in [0.05, 0.1) is 17.7 Å². The summed E-state index contributed by atoms with van der Waals surface area (Å²) in [6.45, 7) is 6.63. The van der Waals surface area contributed by atoms with Crippen LogP contribution >= 0.6 is 11.6 Å². The standard InChI is InChI=1S/C14H18ClFO3/c1-5-18-13(17)14(4,16)10-6-7-12(11(15)8-10)19-9(2)3/h6-9H,5H2,1-4H3. The van der Waals surface area contributed by atoms with Gasteiger partial charge in [-0.15, -0.1) is 0 Å². The summed E-state index contributed by atoms with van der Waals surface area (Å²) in [6, 6.07) is 4.41. The first-order chi connectivity index (χ1) is 8.78. The van der Waals surface area contributed by atoms with Crippen molar-refractivity contribution in [1.29, 1.82) is 0 Å². The highest BCUT2D eigenvalue weighted by molar-refractivity contribution is 6.32. The molecule has 1 aromatic carbocycles. The maximum atomic E-state index is 14.4. The first kappa shape index (κ1) is 15.8. The Labute approximate surface area is 117 Å². The Morgan fingerprint density at radius 2 is 2.11 bits per heavy atom. The van der Waals surface area contributed by atoms with Gasteiger partial charge in [-0.25, -0.2) is 9.18 Å². The molecule has 1 aromatic rings. The molecule has 0 saturated heterocycles. The largest absolute Gasteiger partial charge is 0.489 e. The molecule has 0 aliphatic heterocycles. The van der Waals surface area contributed by atoms with E-state index >= 15 is 0 Å². The van der Waals surface area contributed by atoms with E-state index in [0.717, 1.165) is 6.92 Å². The number of carbonyl (C=O) groups excluding carboxylic acids is 1. The number of esters is 1. The molecule has 0 saturated carbocycles. The van der Waals surface area contributed by atoms with Crippen LogP contribution in [0.2, 0.25) is 5.02 Å². The predicted molar refractivity (Wildman–Crippen MR) is 72.3 cm³/mol. The molecule has 1 unspecified atom stereocenters. The van der Waals surface area contributed by atoms with Crippen molar-refractivity contribution in [1.82, 2.24) is 0 Å². The Morgan fingerprint density at radius 3 is 2.58 bits per heavy atom. The average Bonchev–Trinajstić information content (AvgIpc) is 2.31. The highest BCUT2D eigenvalue weighted by Crippen LogP contribution is 2.33. The number of hydrogen-bond acceptors (Lipinski definition) is 3. The lowest BCUT2D eigenvalue weighted by atomic mass is 9.98. The first-order valence-corrected chi connectivity index (χ1v) is 6.49. The molecule has 19 heavy (non-hydrogen) atoms. The zero-order chi connectivity index (χ0) is 14.6. The Morgan fingerprint density at radius 1 is 1.47 bits per heavy atom. The smallest absolute Gasteiger partial charge is 0.348 e. The highest BCUT2D eigenvalue weighted by atomic mass is 35.5. The van der Waals surface area contributed by atoms with Gasteiger partial charge < -0.3 is 9.47 Å². The van der Waals surface area contributed by atoms with E-state index in [1.807, 2.05) is 13.8 Å². The molecule has 0 bridgehead atoms. The minimum absolute atomic E-state index is 0.0369. The van der Waals surface area contributed by atoms with Gasteiger partial charge in [0.2, 0.25) is 5.67 Å². The van der Waals surface area contributed by atoms with Crippen LogP contribution < -0.4 is 4.74 Å². The van der Waals surface area contributed by atoms with E-state index in [4.69, 9.17) is 21.1 Å². The molecule has 0 amide bonds. The van der Waals surface area contributed by atoms with Crippen LogP contribution in [0.15, 0.2) is 18.2 Å². The lowest BCUT2D eigenvalue weighted by Crippen LogP contribution is -2.29. The molecule has 1 rings (SSSR count). The second-order valence-electron chi connectivity index (χ2n) is 4.54. The van der Waals surface area contributed by atoms with Gasteiger partial charge in [0.1, 0.15) is 5.75 Å². The summed E-state index contributed by atoms with van der Waals surface area (Å²) in [6.07, 6.45) is -0.0369. The van der Waals surface area contributed by atoms with E-state index in [9.17, 15) is 9.18 Å². The molecule has 0 spiro atoms. The molecule has 3 nitrogen and oxygen atoms in total. The zero-order valence-corrected chi connectivity index (χ0v) is 12.3. The molecule has 0 aliphatic rings. The fourth-order valence-corrected chi connectivity index (χ4v) is 1.75. The van der Waals surface area contributed by atoms with Gasteiger partial charge in [-0.05, 0) is 39.8 Å². The summed E-state index contributed by atoms with van der Waals surface area (Å²) >= 11 is 6.02. The van der Waals surface area contributed by atoms with Crippen molar-refractivity contribution in [3.8, 4) is 5.75 Å². The number of halogens is 2. The SMILES string of the molecule is CCOC(=O)C(C)(F)c1ccc(OC(C)C)c(Cl)c1. The van der Waals surface area contributed by atoms with Crippen LogP contribution in [0.1, 0.15) is 33.3 Å². The third-order valence-electron chi connectivity index (χ3n) is 2.50. The monoisotopic (exact) mass is 288 g/mol.